The first-order valence-corrected chi connectivity index (χ1v) is 10.7. The number of aryl methyl sites for hydroxylation is 3. The van der Waals surface area contributed by atoms with Crippen LogP contribution in [0.2, 0.25) is 0 Å². The summed E-state index contributed by atoms with van der Waals surface area (Å²) in [5.74, 6) is 4.12. The van der Waals surface area contributed by atoms with Crippen molar-refractivity contribution in [3.8, 4) is 5.75 Å². The highest BCUT2D eigenvalue weighted by Gasteiger charge is 2.21. The maximum Gasteiger partial charge on any atom is 0.208 e. The second kappa shape index (κ2) is 10.5. The molecule has 2 aromatic rings. The highest BCUT2D eigenvalue weighted by atomic mass is 16.5. The van der Waals surface area contributed by atoms with Crippen molar-refractivity contribution in [2.75, 3.05) is 33.8 Å². The predicted molar refractivity (Wildman–Crippen MR) is 120 cm³/mol. The van der Waals surface area contributed by atoms with Crippen LogP contribution in [0, 0.1) is 26.7 Å². The zero-order valence-electron chi connectivity index (χ0n) is 18.9. The number of likely N-dealkylation sites (tertiary alicyclic amines) is 1. The molecule has 7 heteroatoms. The number of hydrogen-bond acceptors (Lipinski definition) is 5. The highest BCUT2D eigenvalue weighted by molar-refractivity contribution is 5.79. The number of aromatic nitrogens is 1. The fourth-order valence-electron chi connectivity index (χ4n) is 3.79. The van der Waals surface area contributed by atoms with Crippen molar-refractivity contribution < 1.29 is 9.15 Å². The van der Waals surface area contributed by atoms with E-state index in [1.165, 1.54) is 5.56 Å². The summed E-state index contributed by atoms with van der Waals surface area (Å²) in [6.07, 6.45) is 2.32. The van der Waals surface area contributed by atoms with Gasteiger partial charge < -0.3 is 19.8 Å². The molecular weight excluding hydrogens is 378 g/mol. The summed E-state index contributed by atoms with van der Waals surface area (Å²) >= 11 is 0. The van der Waals surface area contributed by atoms with E-state index in [-0.39, 0.29) is 0 Å². The standard InChI is InChI=1S/C23H35N5O2/c1-16-6-7-20(21(12-16)29-5)14-26-23(24-4)25-13-19-8-10-28(11-9-19)15-22-27-17(2)18(3)30-22/h6-7,12,19H,8-11,13-15H2,1-5H3,(H2,24,25,26). The van der Waals surface area contributed by atoms with Gasteiger partial charge in [0.1, 0.15) is 11.5 Å². The molecule has 1 fully saturated rings. The number of piperidine rings is 1. The third kappa shape index (κ3) is 5.98. The number of nitrogens with zero attached hydrogens (tertiary/aromatic N) is 3. The molecule has 0 bridgehead atoms. The van der Waals surface area contributed by atoms with Gasteiger partial charge in [-0.25, -0.2) is 4.98 Å². The lowest BCUT2D eigenvalue weighted by Crippen LogP contribution is -2.42. The van der Waals surface area contributed by atoms with Crippen LogP contribution in [0.1, 0.15) is 41.3 Å². The minimum Gasteiger partial charge on any atom is -0.496 e. The highest BCUT2D eigenvalue weighted by Crippen LogP contribution is 2.20. The Bertz CT molecular complexity index is 834. The molecule has 0 spiro atoms. The summed E-state index contributed by atoms with van der Waals surface area (Å²) in [5, 5.41) is 6.88. The van der Waals surface area contributed by atoms with Gasteiger partial charge in [0.05, 0.1) is 19.3 Å². The Morgan fingerprint density at radius 3 is 2.63 bits per heavy atom. The van der Waals surface area contributed by atoms with Crippen molar-refractivity contribution in [3.63, 3.8) is 0 Å². The number of rotatable bonds is 7. The number of nitrogens with one attached hydrogen (secondary N) is 2. The van der Waals surface area contributed by atoms with Gasteiger partial charge in [0.25, 0.3) is 0 Å². The maximum atomic E-state index is 5.73. The van der Waals surface area contributed by atoms with E-state index < -0.39 is 0 Å². The second-order valence-electron chi connectivity index (χ2n) is 8.09. The van der Waals surface area contributed by atoms with Gasteiger partial charge in [-0.15, -0.1) is 0 Å². The number of methoxy groups -OCH3 is 1. The van der Waals surface area contributed by atoms with Crippen molar-refractivity contribution in [2.24, 2.45) is 10.9 Å². The Morgan fingerprint density at radius 2 is 2.00 bits per heavy atom. The molecule has 0 aliphatic carbocycles. The molecule has 0 radical (unpaired) electrons. The van der Waals surface area contributed by atoms with Gasteiger partial charge in [-0.1, -0.05) is 12.1 Å². The Kier molecular flexibility index (Phi) is 7.74. The van der Waals surface area contributed by atoms with Gasteiger partial charge in [0.15, 0.2) is 5.96 Å². The summed E-state index contributed by atoms with van der Waals surface area (Å²) in [6, 6.07) is 6.26. The van der Waals surface area contributed by atoms with Crippen LogP contribution in [0.4, 0.5) is 0 Å². The molecule has 1 aliphatic rings. The Balaban J connectivity index is 1.40. The number of aliphatic imine (C=N–C) groups is 1. The molecule has 0 saturated carbocycles. The zero-order chi connectivity index (χ0) is 21.5. The lowest BCUT2D eigenvalue weighted by molar-refractivity contribution is 0.164. The molecule has 30 heavy (non-hydrogen) atoms. The number of guanidine groups is 1. The lowest BCUT2D eigenvalue weighted by Gasteiger charge is -2.31. The average Bonchev–Trinajstić information content (AvgIpc) is 3.06. The van der Waals surface area contributed by atoms with Crippen molar-refractivity contribution in [2.45, 2.75) is 46.7 Å². The first kappa shape index (κ1) is 22.2. The van der Waals surface area contributed by atoms with Crippen LogP contribution in [-0.2, 0) is 13.1 Å². The SMILES string of the molecule is CN=C(NCc1ccc(C)cc1OC)NCC1CCN(Cc2nc(C)c(C)o2)CC1. The molecule has 164 valence electrons. The van der Waals surface area contributed by atoms with Crippen molar-refractivity contribution in [1.82, 2.24) is 20.5 Å². The summed E-state index contributed by atoms with van der Waals surface area (Å²) in [5.41, 5.74) is 3.31. The van der Waals surface area contributed by atoms with E-state index in [1.54, 1.807) is 7.11 Å². The third-order valence-corrected chi connectivity index (χ3v) is 5.81. The van der Waals surface area contributed by atoms with Crippen LogP contribution in [0.3, 0.4) is 0 Å². The second-order valence-corrected chi connectivity index (χ2v) is 8.09. The normalized spacial score (nSPS) is 16.0. The molecule has 7 nitrogen and oxygen atoms in total. The van der Waals surface area contributed by atoms with Crippen molar-refractivity contribution in [1.29, 1.82) is 0 Å². The number of oxazole rings is 1. The molecule has 1 aromatic carbocycles. The molecule has 1 aromatic heterocycles. The van der Waals surface area contributed by atoms with Gasteiger partial charge in [-0.3, -0.25) is 9.89 Å². The Hall–Kier alpha value is -2.54. The van der Waals surface area contributed by atoms with Crippen LogP contribution in [0.25, 0.3) is 0 Å². The minimum absolute atomic E-state index is 0.641. The molecule has 0 atom stereocenters. The smallest absolute Gasteiger partial charge is 0.208 e. The first-order valence-electron chi connectivity index (χ1n) is 10.7. The number of hydrogen-bond donors (Lipinski definition) is 2. The van der Waals surface area contributed by atoms with Gasteiger partial charge >= 0.3 is 0 Å². The summed E-state index contributed by atoms with van der Waals surface area (Å²) in [4.78, 5) is 11.3. The molecule has 0 amide bonds. The van der Waals surface area contributed by atoms with Gasteiger partial charge in [0, 0.05) is 25.7 Å². The third-order valence-electron chi connectivity index (χ3n) is 5.81. The Morgan fingerprint density at radius 1 is 1.23 bits per heavy atom. The maximum absolute atomic E-state index is 5.73. The van der Waals surface area contributed by atoms with E-state index >= 15 is 0 Å². The minimum atomic E-state index is 0.641. The summed E-state index contributed by atoms with van der Waals surface area (Å²) in [6.45, 7) is 10.6. The zero-order valence-corrected chi connectivity index (χ0v) is 18.9. The van der Waals surface area contributed by atoms with Crippen molar-refractivity contribution in [3.05, 3.63) is 46.7 Å². The molecule has 0 unspecified atom stereocenters. The quantitative estimate of drug-likeness (QED) is 0.536. The Labute approximate surface area is 179 Å². The predicted octanol–water partition coefficient (Wildman–Crippen LogP) is 3.19. The molecular formula is C23H35N5O2. The fourth-order valence-corrected chi connectivity index (χ4v) is 3.79. The van der Waals surface area contributed by atoms with E-state index in [9.17, 15) is 0 Å². The number of ether oxygens (including phenoxy) is 1. The van der Waals surface area contributed by atoms with Crippen LogP contribution in [-0.4, -0.2) is 49.6 Å². The van der Waals surface area contributed by atoms with Crippen LogP contribution in [0.15, 0.2) is 27.6 Å². The molecule has 1 saturated heterocycles. The summed E-state index contributed by atoms with van der Waals surface area (Å²) < 4.78 is 11.2. The fraction of sp³-hybridized carbons (Fsp3) is 0.565. The summed E-state index contributed by atoms with van der Waals surface area (Å²) in [7, 11) is 3.52. The monoisotopic (exact) mass is 413 g/mol. The van der Waals surface area contributed by atoms with E-state index in [0.717, 1.165) is 73.6 Å². The molecule has 1 aliphatic heterocycles. The first-order chi connectivity index (χ1) is 14.5. The van der Waals surface area contributed by atoms with Crippen LogP contribution < -0.4 is 15.4 Å². The lowest BCUT2D eigenvalue weighted by atomic mass is 9.97. The van der Waals surface area contributed by atoms with E-state index in [1.807, 2.05) is 20.9 Å². The van der Waals surface area contributed by atoms with Gasteiger partial charge in [-0.05, 0) is 64.3 Å². The van der Waals surface area contributed by atoms with Gasteiger partial charge in [-0.2, -0.15) is 0 Å². The topological polar surface area (TPSA) is 74.9 Å². The largest absolute Gasteiger partial charge is 0.496 e. The van der Waals surface area contributed by atoms with E-state index in [4.69, 9.17) is 9.15 Å². The van der Waals surface area contributed by atoms with E-state index in [0.29, 0.717) is 12.5 Å². The average molecular weight is 414 g/mol. The molecule has 3 rings (SSSR count). The van der Waals surface area contributed by atoms with Crippen molar-refractivity contribution >= 4 is 5.96 Å². The van der Waals surface area contributed by atoms with Crippen LogP contribution in [0.5, 0.6) is 5.75 Å². The van der Waals surface area contributed by atoms with Gasteiger partial charge in [0.2, 0.25) is 5.89 Å². The molecule has 2 heterocycles. The number of benzene rings is 1. The van der Waals surface area contributed by atoms with E-state index in [2.05, 4.69) is 50.6 Å². The molecule has 2 N–H and O–H groups in total. The van der Waals surface area contributed by atoms with Crippen LogP contribution >= 0.6 is 0 Å².